The van der Waals surface area contributed by atoms with Crippen LogP contribution in [0.4, 0.5) is 29.2 Å². The van der Waals surface area contributed by atoms with Crippen molar-refractivity contribution in [3.8, 4) is 17.1 Å². The predicted molar refractivity (Wildman–Crippen MR) is 113 cm³/mol. The normalized spacial score (nSPS) is 14.0. The van der Waals surface area contributed by atoms with Crippen molar-refractivity contribution in [1.29, 1.82) is 0 Å². The van der Waals surface area contributed by atoms with Gasteiger partial charge in [-0.1, -0.05) is 0 Å². The zero-order valence-electron chi connectivity index (χ0n) is 17.5. The maximum absolute atomic E-state index is 13.4. The summed E-state index contributed by atoms with van der Waals surface area (Å²) >= 11 is 0. The first kappa shape index (κ1) is 21.1. The van der Waals surface area contributed by atoms with Crippen molar-refractivity contribution in [3.05, 3.63) is 66.0 Å². The van der Waals surface area contributed by atoms with Crippen LogP contribution in [-0.2, 0) is 12.7 Å². The highest BCUT2D eigenvalue weighted by molar-refractivity contribution is 5.71. The van der Waals surface area contributed by atoms with Gasteiger partial charge in [-0.3, -0.25) is 0 Å². The SMILES string of the molecule is Cc1c(-c2ccc(F)cc2)nn(CC2CC2)c1Nc1cc(-n2cc(C(F)(F)F)cn2)ncn1. The Kier molecular flexibility index (Phi) is 5.10. The van der Waals surface area contributed by atoms with Gasteiger partial charge in [-0.05, 0) is 49.9 Å². The van der Waals surface area contributed by atoms with Crippen molar-refractivity contribution in [1.82, 2.24) is 29.5 Å². The van der Waals surface area contributed by atoms with Crippen molar-refractivity contribution in [3.63, 3.8) is 0 Å². The van der Waals surface area contributed by atoms with Crippen LogP contribution in [0.25, 0.3) is 17.1 Å². The topological polar surface area (TPSA) is 73.5 Å². The van der Waals surface area contributed by atoms with Crippen molar-refractivity contribution in [2.45, 2.75) is 32.5 Å². The molecular formula is C22H19F4N7. The lowest BCUT2D eigenvalue weighted by Gasteiger charge is -2.11. The van der Waals surface area contributed by atoms with Crippen LogP contribution in [0.1, 0.15) is 24.0 Å². The van der Waals surface area contributed by atoms with E-state index in [1.54, 1.807) is 12.1 Å². The summed E-state index contributed by atoms with van der Waals surface area (Å²) in [6.45, 7) is 2.62. The second-order valence-electron chi connectivity index (χ2n) is 8.01. The third-order valence-corrected chi connectivity index (χ3v) is 5.48. The fourth-order valence-electron chi connectivity index (χ4n) is 3.53. The van der Waals surface area contributed by atoms with Crippen molar-refractivity contribution in [2.75, 3.05) is 5.32 Å². The maximum atomic E-state index is 13.4. The summed E-state index contributed by atoms with van der Waals surface area (Å²) < 4.78 is 55.0. The standard InChI is InChI=1S/C22H19F4N7/c1-13-20(15-4-6-17(23)7-5-15)31-33(10-14-2-3-14)21(13)30-18-8-19(28-12-27-18)32-11-16(9-29-32)22(24,25)26/h4-9,11-12,14H,2-3,10H2,1H3,(H,27,28,30). The largest absolute Gasteiger partial charge is 0.419 e. The molecule has 1 fully saturated rings. The Bertz CT molecular complexity index is 1290. The van der Waals surface area contributed by atoms with Gasteiger partial charge < -0.3 is 5.32 Å². The Morgan fingerprint density at radius 3 is 2.55 bits per heavy atom. The number of rotatable bonds is 6. The number of anilines is 2. The van der Waals surface area contributed by atoms with Gasteiger partial charge in [0.1, 0.15) is 23.8 Å². The highest BCUT2D eigenvalue weighted by Gasteiger charge is 2.32. The van der Waals surface area contributed by atoms with Gasteiger partial charge in [0.15, 0.2) is 5.82 Å². The van der Waals surface area contributed by atoms with Gasteiger partial charge in [0, 0.05) is 29.9 Å². The molecule has 5 rings (SSSR count). The van der Waals surface area contributed by atoms with Gasteiger partial charge in [0.05, 0.1) is 17.5 Å². The van der Waals surface area contributed by atoms with Gasteiger partial charge in [-0.2, -0.15) is 23.4 Å². The van der Waals surface area contributed by atoms with E-state index in [4.69, 9.17) is 5.10 Å². The molecule has 0 saturated heterocycles. The molecule has 33 heavy (non-hydrogen) atoms. The molecule has 1 aliphatic rings. The van der Waals surface area contributed by atoms with E-state index in [1.165, 1.54) is 24.5 Å². The molecule has 0 spiro atoms. The Hall–Kier alpha value is -3.76. The lowest BCUT2D eigenvalue weighted by molar-refractivity contribution is -0.137. The molecule has 0 radical (unpaired) electrons. The molecule has 1 saturated carbocycles. The molecule has 11 heteroatoms. The Balaban J connectivity index is 1.48. The lowest BCUT2D eigenvalue weighted by Crippen LogP contribution is -2.08. The molecule has 1 aliphatic carbocycles. The lowest BCUT2D eigenvalue weighted by atomic mass is 10.1. The molecule has 0 unspecified atom stereocenters. The van der Waals surface area contributed by atoms with Gasteiger partial charge in [-0.25, -0.2) is 23.7 Å². The summed E-state index contributed by atoms with van der Waals surface area (Å²) in [7, 11) is 0. The second kappa shape index (κ2) is 7.98. The minimum Gasteiger partial charge on any atom is -0.325 e. The Labute approximate surface area is 186 Å². The van der Waals surface area contributed by atoms with E-state index in [0.29, 0.717) is 23.2 Å². The number of halogens is 4. The molecule has 3 heterocycles. The van der Waals surface area contributed by atoms with Crippen LogP contribution in [-0.4, -0.2) is 29.5 Å². The van der Waals surface area contributed by atoms with Crippen molar-refractivity contribution >= 4 is 11.6 Å². The first-order valence-corrected chi connectivity index (χ1v) is 10.3. The highest BCUT2D eigenvalue weighted by atomic mass is 19.4. The molecule has 0 amide bonds. The number of benzene rings is 1. The van der Waals surface area contributed by atoms with E-state index >= 15 is 0 Å². The smallest absolute Gasteiger partial charge is 0.325 e. The summed E-state index contributed by atoms with van der Waals surface area (Å²) in [6, 6.07) is 7.64. The molecule has 0 aliphatic heterocycles. The number of nitrogens with one attached hydrogen (secondary N) is 1. The minimum atomic E-state index is -4.49. The van der Waals surface area contributed by atoms with E-state index in [2.05, 4.69) is 20.4 Å². The Morgan fingerprint density at radius 1 is 1.12 bits per heavy atom. The summed E-state index contributed by atoms with van der Waals surface area (Å²) in [5.74, 6) is 1.49. The second-order valence-corrected chi connectivity index (χ2v) is 8.01. The van der Waals surface area contributed by atoms with Crippen LogP contribution in [0.5, 0.6) is 0 Å². The zero-order valence-corrected chi connectivity index (χ0v) is 17.5. The first-order chi connectivity index (χ1) is 15.8. The number of aromatic nitrogens is 6. The van der Waals surface area contributed by atoms with E-state index in [1.807, 2.05) is 11.6 Å². The minimum absolute atomic E-state index is 0.188. The number of nitrogens with zero attached hydrogens (tertiary/aromatic N) is 6. The van der Waals surface area contributed by atoms with Gasteiger partial charge >= 0.3 is 6.18 Å². The molecule has 3 aromatic heterocycles. The van der Waals surface area contributed by atoms with Gasteiger partial charge in [0.2, 0.25) is 0 Å². The van der Waals surface area contributed by atoms with Crippen LogP contribution in [0.3, 0.4) is 0 Å². The fourth-order valence-corrected chi connectivity index (χ4v) is 3.53. The van der Waals surface area contributed by atoms with E-state index in [0.717, 1.165) is 47.6 Å². The predicted octanol–water partition coefficient (Wildman–Crippen LogP) is 5.15. The molecule has 4 aromatic rings. The zero-order chi connectivity index (χ0) is 23.2. The average Bonchev–Trinajstić information content (AvgIpc) is 3.35. The van der Waals surface area contributed by atoms with Crippen LogP contribution in [0, 0.1) is 18.7 Å². The van der Waals surface area contributed by atoms with E-state index in [9.17, 15) is 17.6 Å². The molecule has 0 atom stereocenters. The number of hydrogen-bond donors (Lipinski definition) is 1. The molecular weight excluding hydrogens is 438 g/mol. The third kappa shape index (κ3) is 4.43. The summed E-state index contributed by atoms with van der Waals surface area (Å²) in [5, 5.41) is 11.7. The summed E-state index contributed by atoms with van der Waals surface area (Å²) in [4.78, 5) is 8.25. The van der Waals surface area contributed by atoms with E-state index < -0.39 is 11.7 Å². The fraction of sp³-hybridized carbons (Fsp3) is 0.273. The summed E-state index contributed by atoms with van der Waals surface area (Å²) in [6.07, 6.45) is 0.645. The van der Waals surface area contributed by atoms with Crippen molar-refractivity contribution < 1.29 is 17.6 Å². The van der Waals surface area contributed by atoms with Crippen LogP contribution < -0.4 is 5.32 Å². The highest BCUT2D eigenvalue weighted by Crippen LogP contribution is 2.35. The van der Waals surface area contributed by atoms with E-state index in [-0.39, 0.29) is 11.6 Å². The molecule has 0 bridgehead atoms. The van der Waals surface area contributed by atoms with Gasteiger partial charge in [-0.15, -0.1) is 0 Å². The Morgan fingerprint density at radius 2 is 1.88 bits per heavy atom. The monoisotopic (exact) mass is 457 g/mol. The molecule has 1 N–H and O–H groups in total. The molecule has 7 nitrogen and oxygen atoms in total. The quantitative estimate of drug-likeness (QED) is 0.406. The van der Waals surface area contributed by atoms with Crippen LogP contribution >= 0.6 is 0 Å². The maximum Gasteiger partial charge on any atom is 0.419 e. The van der Waals surface area contributed by atoms with Crippen LogP contribution in [0.2, 0.25) is 0 Å². The first-order valence-electron chi connectivity index (χ1n) is 10.3. The molecule has 170 valence electrons. The third-order valence-electron chi connectivity index (χ3n) is 5.48. The summed E-state index contributed by atoms with van der Waals surface area (Å²) in [5.41, 5.74) is 1.49. The number of alkyl halides is 3. The molecule has 1 aromatic carbocycles. The van der Waals surface area contributed by atoms with Crippen LogP contribution in [0.15, 0.2) is 49.1 Å². The number of hydrogen-bond acceptors (Lipinski definition) is 5. The van der Waals surface area contributed by atoms with Crippen molar-refractivity contribution in [2.24, 2.45) is 5.92 Å². The van der Waals surface area contributed by atoms with Gasteiger partial charge in [0.25, 0.3) is 0 Å². The average molecular weight is 457 g/mol.